The molecule has 0 atom stereocenters. The number of anilines is 1. The predicted molar refractivity (Wildman–Crippen MR) is 69.4 cm³/mol. The van der Waals surface area contributed by atoms with Crippen molar-refractivity contribution in [3.8, 4) is 0 Å². The Bertz CT molecular complexity index is 587. The van der Waals surface area contributed by atoms with Gasteiger partial charge in [-0.15, -0.1) is 0 Å². The molecular formula is C11H16FN3O3S. The van der Waals surface area contributed by atoms with Crippen molar-refractivity contribution >= 4 is 21.6 Å². The minimum Gasteiger partial charge on any atom is -0.399 e. The summed E-state index contributed by atoms with van der Waals surface area (Å²) in [6, 6.07) is 2.39. The highest BCUT2D eigenvalue weighted by Gasteiger charge is 2.21. The quantitative estimate of drug-likeness (QED) is 0.671. The first-order valence-corrected chi connectivity index (χ1v) is 7.02. The number of nitrogens with two attached hydrogens (primary N) is 1. The first-order chi connectivity index (χ1) is 8.77. The molecule has 0 saturated carbocycles. The molecule has 0 aliphatic carbocycles. The van der Waals surface area contributed by atoms with Crippen LogP contribution in [-0.4, -0.2) is 27.9 Å². The maximum atomic E-state index is 13.8. The fourth-order valence-electron chi connectivity index (χ4n) is 1.46. The van der Waals surface area contributed by atoms with E-state index < -0.39 is 20.7 Å². The molecule has 4 N–H and O–H groups in total. The van der Waals surface area contributed by atoms with Gasteiger partial charge in [0.05, 0.1) is 0 Å². The summed E-state index contributed by atoms with van der Waals surface area (Å²) in [5.41, 5.74) is 5.80. The molecule has 0 heterocycles. The lowest BCUT2D eigenvalue weighted by atomic mass is 10.2. The first kappa shape index (κ1) is 15.4. The Morgan fingerprint density at radius 3 is 2.63 bits per heavy atom. The van der Waals surface area contributed by atoms with Crippen molar-refractivity contribution in [1.29, 1.82) is 0 Å². The summed E-state index contributed by atoms with van der Waals surface area (Å²) >= 11 is 0. The molecule has 8 heteroatoms. The number of halogens is 1. The van der Waals surface area contributed by atoms with Crippen LogP contribution in [0, 0.1) is 12.7 Å². The maximum Gasteiger partial charge on any atom is 0.243 e. The molecule has 0 aliphatic rings. The molecule has 0 aliphatic heterocycles. The summed E-state index contributed by atoms with van der Waals surface area (Å²) in [6.07, 6.45) is -0.0291. The number of carbonyl (C=O) groups excluding carboxylic acids is 1. The van der Waals surface area contributed by atoms with Gasteiger partial charge in [-0.3, -0.25) is 4.79 Å². The van der Waals surface area contributed by atoms with Crippen LogP contribution in [0.15, 0.2) is 17.0 Å². The van der Waals surface area contributed by atoms with Crippen LogP contribution in [0.1, 0.15) is 12.0 Å². The molecular weight excluding hydrogens is 273 g/mol. The standard InChI is InChI=1S/C11H16FN3O3S/c1-7-5-8(13)6-9(11(7)12)19(17,18)15-4-3-10(16)14-2/h5-6,15H,3-4,13H2,1-2H3,(H,14,16). The number of nitrogens with one attached hydrogen (secondary N) is 2. The largest absolute Gasteiger partial charge is 0.399 e. The van der Waals surface area contributed by atoms with Crippen molar-refractivity contribution in [2.75, 3.05) is 19.3 Å². The highest BCUT2D eigenvalue weighted by atomic mass is 32.2. The number of sulfonamides is 1. The van der Waals surface area contributed by atoms with Crippen LogP contribution in [0.2, 0.25) is 0 Å². The zero-order chi connectivity index (χ0) is 14.6. The van der Waals surface area contributed by atoms with Crippen molar-refractivity contribution in [2.45, 2.75) is 18.2 Å². The second kappa shape index (κ2) is 5.98. The minimum absolute atomic E-state index is 0.0291. The van der Waals surface area contributed by atoms with Gasteiger partial charge >= 0.3 is 0 Å². The Balaban J connectivity index is 2.92. The first-order valence-electron chi connectivity index (χ1n) is 5.54. The lowest BCUT2D eigenvalue weighted by Crippen LogP contribution is -2.30. The smallest absolute Gasteiger partial charge is 0.243 e. The average molecular weight is 289 g/mol. The van der Waals surface area contributed by atoms with E-state index in [-0.39, 0.29) is 30.1 Å². The average Bonchev–Trinajstić information content (AvgIpc) is 2.33. The molecule has 0 unspecified atom stereocenters. The molecule has 0 radical (unpaired) electrons. The summed E-state index contributed by atoms with van der Waals surface area (Å²) in [5.74, 6) is -1.16. The Hall–Kier alpha value is -1.67. The van der Waals surface area contributed by atoms with E-state index in [0.717, 1.165) is 6.07 Å². The molecule has 1 aromatic carbocycles. The van der Waals surface area contributed by atoms with Gasteiger partial charge in [0.2, 0.25) is 15.9 Å². The second-order valence-corrected chi connectivity index (χ2v) is 5.71. The third-order valence-electron chi connectivity index (χ3n) is 2.46. The predicted octanol–water partition coefficient (Wildman–Crippen LogP) is 0.131. The van der Waals surface area contributed by atoms with Crippen LogP contribution >= 0.6 is 0 Å². The van der Waals surface area contributed by atoms with Gasteiger partial charge in [0.1, 0.15) is 10.7 Å². The molecule has 1 amide bonds. The highest BCUT2D eigenvalue weighted by molar-refractivity contribution is 7.89. The summed E-state index contributed by atoms with van der Waals surface area (Å²) < 4.78 is 39.7. The van der Waals surface area contributed by atoms with E-state index in [1.54, 1.807) is 0 Å². The van der Waals surface area contributed by atoms with E-state index in [9.17, 15) is 17.6 Å². The van der Waals surface area contributed by atoms with E-state index in [4.69, 9.17) is 5.73 Å². The van der Waals surface area contributed by atoms with Crippen molar-refractivity contribution in [2.24, 2.45) is 0 Å². The van der Waals surface area contributed by atoms with Gasteiger partial charge in [-0.25, -0.2) is 17.5 Å². The fourth-order valence-corrected chi connectivity index (χ4v) is 2.68. The SMILES string of the molecule is CNC(=O)CCNS(=O)(=O)c1cc(N)cc(C)c1F. The van der Waals surface area contributed by atoms with Crippen LogP contribution in [0.5, 0.6) is 0 Å². The summed E-state index contributed by atoms with van der Waals surface area (Å²) in [4.78, 5) is 10.5. The fraction of sp³-hybridized carbons (Fsp3) is 0.364. The van der Waals surface area contributed by atoms with Crippen LogP contribution in [-0.2, 0) is 14.8 Å². The number of amides is 1. The van der Waals surface area contributed by atoms with Gasteiger partial charge in [0, 0.05) is 25.7 Å². The Labute approximate surface area is 111 Å². The number of hydrogen-bond donors (Lipinski definition) is 3. The number of carbonyl (C=O) groups is 1. The molecule has 0 saturated heterocycles. The highest BCUT2D eigenvalue weighted by Crippen LogP contribution is 2.21. The van der Waals surface area contributed by atoms with E-state index in [1.165, 1.54) is 20.0 Å². The third kappa shape index (κ3) is 3.90. The van der Waals surface area contributed by atoms with Crippen LogP contribution in [0.4, 0.5) is 10.1 Å². The zero-order valence-corrected chi connectivity index (χ0v) is 11.5. The monoisotopic (exact) mass is 289 g/mol. The summed E-state index contributed by atoms with van der Waals surface area (Å²) in [6.45, 7) is 1.31. The van der Waals surface area contributed by atoms with E-state index in [1.807, 2.05) is 0 Å². The van der Waals surface area contributed by atoms with E-state index >= 15 is 0 Å². The third-order valence-corrected chi connectivity index (χ3v) is 3.92. The van der Waals surface area contributed by atoms with E-state index in [0.29, 0.717) is 0 Å². The number of rotatable bonds is 5. The molecule has 106 valence electrons. The van der Waals surface area contributed by atoms with Gasteiger partial charge in [-0.05, 0) is 24.6 Å². The van der Waals surface area contributed by atoms with Gasteiger partial charge in [-0.1, -0.05) is 0 Å². The van der Waals surface area contributed by atoms with Crippen molar-refractivity contribution < 1.29 is 17.6 Å². The number of hydrogen-bond acceptors (Lipinski definition) is 4. The van der Waals surface area contributed by atoms with Gasteiger partial charge in [0.25, 0.3) is 0 Å². The number of benzene rings is 1. The Morgan fingerprint density at radius 1 is 1.42 bits per heavy atom. The van der Waals surface area contributed by atoms with E-state index in [2.05, 4.69) is 10.0 Å². The summed E-state index contributed by atoms with van der Waals surface area (Å²) in [5, 5.41) is 2.35. The van der Waals surface area contributed by atoms with Crippen LogP contribution in [0.3, 0.4) is 0 Å². The lowest BCUT2D eigenvalue weighted by Gasteiger charge is -2.09. The van der Waals surface area contributed by atoms with Gasteiger partial charge in [-0.2, -0.15) is 0 Å². The van der Waals surface area contributed by atoms with Crippen molar-refractivity contribution in [1.82, 2.24) is 10.0 Å². The minimum atomic E-state index is -4.02. The Morgan fingerprint density at radius 2 is 2.05 bits per heavy atom. The molecule has 1 aromatic rings. The molecule has 19 heavy (non-hydrogen) atoms. The molecule has 0 bridgehead atoms. The molecule has 6 nitrogen and oxygen atoms in total. The van der Waals surface area contributed by atoms with Crippen LogP contribution in [0.25, 0.3) is 0 Å². The molecule has 1 rings (SSSR count). The zero-order valence-electron chi connectivity index (χ0n) is 10.7. The number of nitrogen functional groups attached to an aromatic ring is 1. The number of aryl methyl sites for hydroxylation is 1. The second-order valence-electron chi connectivity index (χ2n) is 3.97. The normalized spacial score (nSPS) is 11.3. The van der Waals surface area contributed by atoms with Gasteiger partial charge in [0.15, 0.2) is 0 Å². The lowest BCUT2D eigenvalue weighted by molar-refractivity contribution is -0.120. The maximum absolute atomic E-state index is 13.8. The summed E-state index contributed by atoms with van der Waals surface area (Å²) in [7, 11) is -2.58. The molecule has 0 aromatic heterocycles. The topological polar surface area (TPSA) is 101 Å². The van der Waals surface area contributed by atoms with Crippen molar-refractivity contribution in [3.63, 3.8) is 0 Å². The van der Waals surface area contributed by atoms with Crippen molar-refractivity contribution in [3.05, 3.63) is 23.5 Å². The molecule has 0 fully saturated rings. The van der Waals surface area contributed by atoms with Gasteiger partial charge < -0.3 is 11.1 Å². The Kier molecular flexibility index (Phi) is 4.84. The van der Waals surface area contributed by atoms with Crippen LogP contribution < -0.4 is 15.8 Å². The molecule has 0 spiro atoms.